The topological polar surface area (TPSA) is 125 Å². The molecule has 0 atom stereocenters. The molecule has 0 aliphatic carbocycles. The number of allylic oxidation sites excluding steroid dienone is 2. The molecule has 3 aliphatic rings. The first-order chi connectivity index (χ1) is 23.1. The van der Waals surface area contributed by atoms with E-state index >= 15 is 0 Å². The number of rotatable bonds is 6. The summed E-state index contributed by atoms with van der Waals surface area (Å²) in [5.41, 5.74) is 3.48. The van der Waals surface area contributed by atoms with Gasteiger partial charge in [0.2, 0.25) is 11.8 Å². The Morgan fingerprint density at radius 2 is 1.94 bits per heavy atom. The third-order valence-corrected chi connectivity index (χ3v) is 9.40. The predicted molar refractivity (Wildman–Crippen MR) is 179 cm³/mol. The average Bonchev–Trinajstić information content (AvgIpc) is 3.63. The number of piperidine rings is 1. The first-order valence-corrected chi connectivity index (χ1v) is 16.2. The number of hydrogen-bond acceptors (Lipinski definition) is 9. The van der Waals surface area contributed by atoms with Crippen LogP contribution in [-0.4, -0.2) is 86.2 Å². The van der Waals surface area contributed by atoms with Gasteiger partial charge in [0.25, 0.3) is 11.5 Å². The molecule has 0 radical (unpaired) electrons. The molecule has 2 bridgehead atoms. The molecular formula is C34H37N9O4. The number of nitrogens with one attached hydrogen (secondary N) is 1. The van der Waals surface area contributed by atoms with E-state index < -0.39 is 0 Å². The molecule has 0 spiro atoms. The normalized spacial score (nSPS) is 18.1. The summed E-state index contributed by atoms with van der Waals surface area (Å²) in [6.45, 7) is 4.77. The lowest BCUT2D eigenvalue weighted by Crippen LogP contribution is -2.40. The lowest BCUT2D eigenvalue weighted by atomic mass is 10.0. The Hall–Kier alpha value is -5.01. The molecule has 1 aromatic carbocycles. The summed E-state index contributed by atoms with van der Waals surface area (Å²) >= 11 is 0. The van der Waals surface area contributed by atoms with Crippen molar-refractivity contribution in [2.75, 3.05) is 56.7 Å². The predicted octanol–water partition coefficient (Wildman–Crippen LogP) is 4.03. The number of fused-ring (bicyclic) bond motifs is 6. The van der Waals surface area contributed by atoms with Gasteiger partial charge in [-0.15, -0.1) is 0 Å². The molecule has 4 aromatic heterocycles. The molecule has 47 heavy (non-hydrogen) atoms. The van der Waals surface area contributed by atoms with E-state index in [2.05, 4.69) is 49.1 Å². The van der Waals surface area contributed by atoms with Gasteiger partial charge in [-0.2, -0.15) is 4.98 Å². The molecule has 1 N–H and O–H groups in total. The van der Waals surface area contributed by atoms with E-state index in [1.165, 1.54) is 5.52 Å². The summed E-state index contributed by atoms with van der Waals surface area (Å²) in [7, 11) is 1.75. The second-order valence-electron chi connectivity index (χ2n) is 12.3. The summed E-state index contributed by atoms with van der Waals surface area (Å²) in [5, 5.41) is 4.88. The summed E-state index contributed by atoms with van der Waals surface area (Å²) in [6.07, 6.45) is 13.2. The van der Waals surface area contributed by atoms with Crippen molar-refractivity contribution >= 4 is 45.2 Å². The number of methoxy groups -OCH3 is 1. The molecule has 0 saturated carbocycles. The third-order valence-electron chi connectivity index (χ3n) is 9.40. The van der Waals surface area contributed by atoms with Gasteiger partial charge in [-0.25, -0.2) is 19.3 Å². The van der Waals surface area contributed by atoms with E-state index in [1.807, 2.05) is 24.3 Å². The fourth-order valence-corrected chi connectivity index (χ4v) is 6.94. The Morgan fingerprint density at radius 1 is 1.04 bits per heavy atom. The lowest BCUT2D eigenvalue weighted by molar-refractivity contribution is -0.121. The van der Waals surface area contributed by atoms with Gasteiger partial charge >= 0.3 is 0 Å². The molecule has 13 heteroatoms. The van der Waals surface area contributed by atoms with Crippen LogP contribution in [0.3, 0.4) is 0 Å². The average molecular weight is 636 g/mol. The highest BCUT2D eigenvalue weighted by Crippen LogP contribution is 2.33. The maximum atomic E-state index is 13.6. The Balaban J connectivity index is 1.11. The molecular weight excluding hydrogens is 598 g/mol. The number of nitrogens with zero attached hydrogens (tertiary/aromatic N) is 8. The fraction of sp³-hybridized carbons (Fsp3) is 0.382. The van der Waals surface area contributed by atoms with Crippen LogP contribution in [0.25, 0.3) is 27.6 Å². The number of hydrogen-bond donors (Lipinski definition) is 1. The molecule has 7 heterocycles. The standard InChI is InChI=1S/C34H37N9O4/c1-46-17-16-39-13-9-25(10-14-39)40-15-8-23-18-24(6-7-28(23)40)37-34-36-21-27-31(38-34)43-26-19-29-32(35-20-26)47-22-30(44)41(29)11-4-2-3-5-12-42(43)33(27)45/h3,5-8,15,18-21,25H,2,4,9-14,16-17,22H2,1H3,(H,36,37,38)/b5-3-. The zero-order chi connectivity index (χ0) is 31.9. The van der Waals surface area contributed by atoms with Crippen molar-refractivity contribution in [1.82, 2.24) is 33.8 Å². The summed E-state index contributed by atoms with van der Waals surface area (Å²) in [4.78, 5) is 44.5. The third kappa shape index (κ3) is 5.44. The molecule has 13 nitrogen and oxygen atoms in total. The highest BCUT2D eigenvalue weighted by molar-refractivity contribution is 5.97. The zero-order valence-electron chi connectivity index (χ0n) is 26.3. The van der Waals surface area contributed by atoms with Crippen LogP contribution in [0.4, 0.5) is 17.3 Å². The number of likely N-dealkylation sites (tertiary alicyclic amines) is 1. The molecule has 5 aromatic rings. The van der Waals surface area contributed by atoms with Crippen LogP contribution < -0.4 is 20.5 Å². The second-order valence-corrected chi connectivity index (χ2v) is 12.3. The first kappa shape index (κ1) is 29.4. The molecule has 8 rings (SSSR count). The number of anilines is 3. The van der Waals surface area contributed by atoms with Crippen molar-refractivity contribution in [3.05, 3.63) is 71.4 Å². The molecule has 3 aliphatic heterocycles. The zero-order valence-corrected chi connectivity index (χ0v) is 26.3. The molecule has 242 valence electrons. The van der Waals surface area contributed by atoms with Crippen molar-refractivity contribution in [2.45, 2.75) is 38.3 Å². The van der Waals surface area contributed by atoms with E-state index in [4.69, 9.17) is 14.5 Å². The summed E-state index contributed by atoms with van der Waals surface area (Å²) < 4.78 is 16.7. The SMILES string of the molecule is COCCN1CCC(n2ccc3cc(Nc4ncc5c(=O)n6n(c5n4)-c4cnc5c(c4)N(CCC/C=C\C6)C(=O)CO5)ccc32)CC1. The van der Waals surface area contributed by atoms with Crippen molar-refractivity contribution in [3.8, 4) is 11.6 Å². The summed E-state index contributed by atoms with van der Waals surface area (Å²) in [5.74, 6) is 0.657. The smallest absolute Gasteiger partial charge is 0.278 e. The maximum Gasteiger partial charge on any atom is 0.278 e. The Bertz CT molecular complexity index is 2050. The van der Waals surface area contributed by atoms with Gasteiger partial charge in [-0.05, 0) is 56.0 Å². The molecule has 1 fully saturated rings. The Kier molecular flexibility index (Phi) is 7.70. The molecule has 0 unspecified atom stereocenters. The Morgan fingerprint density at radius 3 is 2.81 bits per heavy atom. The van der Waals surface area contributed by atoms with Gasteiger partial charge in [0.15, 0.2) is 12.3 Å². The lowest BCUT2D eigenvalue weighted by Gasteiger charge is -2.33. The van der Waals surface area contributed by atoms with Crippen LogP contribution in [0.1, 0.15) is 31.7 Å². The largest absolute Gasteiger partial charge is 0.466 e. The first-order valence-electron chi connectivity index (χ1n) is 16.2. The number of benzene rings is 1. The molecule has 1 amide bonds. The van der Waals surface area contributed by atoms with Crippen molar-refractivity contribution < 1.29 is 14.3 Å². The van der Waals surface area contributed by atoms with E-state index in [9.17, 15) is 9.59 Å². The molecule has 1 saturated heterocycles. The van der Waals surface area contributed by atoms with Crippen LogP contribution in [0.2, 0.25) is 0 Å². The van der Waals surface area contributed by atoms with Crippen LogP contribution in [0.5, 0.6) is 5.88 Å². The van der Waals surface area contributed by atoms with Gasteiger partial charge < -0.3 is 29.2 Å². The number of carbonyl (C=O) groups is 1. The number of aromatic nitrogens is 6. The monoisotopic (exact) mass is 635 g/mol. The van der Waals surface area contributed by atoms with Crippen LogP contribution in [0, 0.1) is 0 Å². The van der Waals surface area contributed by atoms with Gasteiger partial charge in [0.05, 0.1) is 25.0 Å². The number of ether oxygens (including phenoxy) is 2. The van der Waals surface area contributed by atoms with E-state index in [1.54, 1.807) is 33.8 Å². The minimum Gasteiger partial charge on any atom is -0.466 e. The fourth-order valence-electron chi connectivity index (χ4n) is 6.94. The van der Waals surface area contributed by atoms with Gasteiger partial charge in [0, 0.05) is 68.3 Å². The van der Waals surface area contributed by atoms with Crippen LogP contribution in [-0.2, 0) is 16.1 Å². The van der Waals surface area contributed by atoms with E-state index in [-0.39, 0.29) is 18.1 Å². The highest BCUT2D eigenvalue weighted by atomic mass is 16.5. The second kappa shape index (κ2) is 12.3. The minimum absolute atomic E-state index is 0.0419. The van der Waals surface area contributed by atoms with Crippen molar-refractivity contribution in [1.29, 1.82) is 0 Å². The van der Waals surface area contributed by atoms with Gasteiger partial charge in [-0.1, -0.05) is 12.2 Å². The maximum absolute atomic E-state index is 13.6. The number of pyridine rings is 1. The number of carbonyl (C=O) groups excluding carboxylic acids is 1. The van der Waals surface area contributed by atoms with E-state index in [0.29, 0.717) is 53.4 Å². The van der Waals surface area contributed by atoms with Crippen LogP contribution >= 0.6 is 0 Å². The van der Waals surface area contributed by atoms with Gasteiger partial charge in [0.1, 0.15) is 11.1 Å². The van der Waals surface area contributed by atoms with Crippen molar-refractivity contribution in [2.24, 2.45) is 0 Å². The quantitative estimate of drug-likeness (QED) is 0.276. The van der Waals surface area contributed by atoms with Crippen LogP contribution in [0.15, 0.2) is 65.9 Å². The van der Waals surface area contributed by atoms with Gasteiger partial charge in [-0.3, -0.25) is 9.59 Å². The summed E-state index contributed by atoms with van der Waals surface area (Å²) in [6, 6.07) is 10.8. The van der Waals surface area contributed by atoms with Crippen molar-refractivity contribution in [3.63, 3.8) is 0 Å². The highest BCUT2D eigenvalue weighted by Gasteiger charge is 2.28. The minimum atomic E-state index is -0.206. The number of amides is 1. The van der Waals surface area contributed by atoms with E-state index in [0.717, 1.165) is 63.0 Å². The Labute approximate surface area is 271 Å².